The molecule has 0 aromatic heterocycles. The molecular formula is C18H30N2O. The van der Waals surface area contributed by atoms with Crippen LogP contribution in [0.4, 0.5) is 0 Å². The van der Waals surface area contributed by atoms with Crippen molar-refractivity contribution >= 4 is 0 Å². The Hall–Kier alpha value is -0.900. The van der Waals surface area contributed by atoms with Crippen LogP contribution < -0.4 is 5.32 Å². The molecule has 1 aromatic carbocycles. The number of aryl methyl sites for hydroxylation is 1. The van der Waals surface area contributed by atoms with Crippen LogP contribution in [0.3, 0.4) is 0 Å². The molecule has 3 nitrogen and oxygen atoms in total. The van der Waals surface area contributed by atoms with Gasteiger partial charge in [-0.2, -0.15) is 0 Å². The summed E-state index contributed by atoms with van der Waals surface area (Å²) in [5.74, 6) is 0. The lowest BCUT2D eigenvalue weighted by Crippen LogP contribution is -2.44. The molecule has 1 aliphatic rings. The van der Waals surface area contributed by atoms with E-state index in [9.17, 15) is 0 Å². The fourth-order valence-corrected chi connectivity index (χ4v) is 2.89. The van der Waals surface area contributed by atoms with Gasteiger partial charge in [0.1, 0.15) is 0 Å². The Morgan fingerprint density at radius 3 is 2.76 bits per heavy atom. The van der Waals surface area contributed by atoms with Crippen molar-refractivity contribution in [3.63, 3.8) is 0 Å². The first-order chi connectivity index (χ1) is 10.2. The number of nitrogens with zero attached hydrogens (tertiary/aromatic N) is 1. The van der Waals surface area contributed by atoms with E-state index in [-0.39, 0.29) is 0 Å². The third kappa shape index (κ3) is 5.10. The van der Waals surface area contributed by atoms with E-state index < -0.39 is 0 Å². The summed E-state index contributed by atoms with van der Waals surface area (Å²) in [6.07, 6.45) is 2.34. The van der Waals surface area contributed by atoms with Crippen molar-refractivity contribution in [1.29, 1.82) is 0 Å². The van der Waals surface area contributed by atoms with E-state index in [4.69, 9.17) is 4.74 Å². The van der Waals surface area contributed by atoms with Crippen LogP contribution in [0.5, 0.6) is 0 Å². The van der Waals surface area contributed by atoms with E-state index in [1.54, 1.807) is 0 Å². The van der Waals surface area contributed by atoms with Crippen LogP contribution in [0.1, 0.15) is 43.9 Å². The highest BCUT2D eigenvalue weighted by Crippen LogP contribution is 2.19. The normalized spacial score (nSPS) is 21.4. The summed E-state index contributed by atoms with van der Waals surface area (Å²) in [7, 11) is 0. The van der Waals surface area contributed by atoms with Crippen molar-refractivity contribution in [2.24, 2.45) is 0 Å². The molecule has 2 atom stereocenters. The molecule has 2 rings (SSSR count). The zero-order chi connectivity index (χ0) is 15.1. The minimum Gasteiger partial charge on any atom is -0.379 e. The third-order valence-electron chi connectivity index (χ3n) is 4.33. The van der Waals surface area contributed by atoms with Crippen LogP contribution in [0.2, 0.25) is 0 Å². The number of hydrogen-bond donors (Lipinski definition) is 1. The summed E-state index contributed by atoms with van der Waals surface area (Å²) < 4.78 is 5.52. The quantitative estimate of drug-likeness (QED) is 0.835. The Balaban J connectivity index is 1.94. The lowest BCUT2D eigenvalue weighted by Gasteiger charge is -2.34. The van der Waals surface area contributed by atoms with Crippen molar-refractivity contribution in [3.8, 4) is 0 Å². The number of benzene rings is 1. The molecule has 1 heterocycles. The first-order valence-electron chi connectivity index (χ1n) is 8.32. The summed E-state index contributed by atoms with van der Waals surface area (Å²) in [6.45, 7) is 11.7. The van der Waals surface area contributed by atoms with Crippen LogP contribution in [-0.2, 0) is 4.74 Å². The van der Waals surface area contributed by atoms with Gasteiger partial charge in [0, 0.05) is 25.2 Å². The average Bonchev–Trinajstić information content (AvgIpc) is 2.50. The van der Waals surface area contributed by atoms with Crippen LogP contribution in [0, 0.1) is 6.92 Å². The average molecular weight is 290 g/mol. The van der Waals surface area contributed by atoms with Crippen molar-refractivity contribution in [2.45, 2.75) is 45.7 Å². The molecule has 1 aromatic rings. The summed E-state index contributed by atoms with van der Waals surface area (Å²) in [5, 5.41) is 3.70. The summed E-state index contributed by atoms with van der Waals surface area (Å²) in [4.78, 5) is 2.55. The highest BCUT2D eigenvalue weighted by molar-refractivity contribution is 5.24. The molecule has 1 saturated heterocycles. The number of hydrogen-bond acceptors (Lipinski definition) is 3. The highest BCUT2D eigenvalue weighted by atomic mass is 16.5. The highest BCUT2D eigenvalue weighted by Gasteiger charge is 2.20. The Morgan fingerprint density at radius 1 is 1.33 bits per heavy atom. The molecule has 1 fully saturated rings. The Labute approximate surface area is 129 Å². The van der Waals surface area contributed by atoms with E-state index in [2.05, 4.69) is 55.3 Å². The monoisotopic (exact) mass is 290 g/mol. The number of morpholine rings is 1. The van der Waals surface area contributed by atoms with Gasteiger partial charge in [-0.1, -0.05) is 36.8 Å². The van der Waals surface area contributed by atoms with E-state index in [1.165, 1.54) is 17.5 Å². The maximum Gasteiger partial charge on any atom is 0.0619 e. The number of ether oxygens (including phenoxy) is 1. The predicted octanol–water partition coefficient (Wildman–Crippen LogP) is 3.15. The van der Waals surface area contributed by atoms with Gasteiger partial charge in [0.2, 0.25) is 0 Å². The van der Waals surface area contributed by atoms with E-state index in [0.29, 0.717) is 12.1 Å². The topological polar surface area (TPSA) is 24.5 Å². The predicted molar refractivity (Wildman–Crippen MR) is 88.7 cm³/mol. The zero-order valence-electron chi connectivity index (χ0n) is 13.8. The first kappa shape index (κ1) is 16.5. The van der Waals surface area contributed by atoms with E-state index in [1.807, 2.05) is 0 Å². The van der Waals surface area contributed by atoms with Gasteiger partial charge in [-0.05, 0) is 38.8 Å². The van der Waals surface area contributed by atoms with Gasteiger partial charge in [-0.3, -0.25) is 4.90 Å². The van der Waals surface area contributed by atoms with Crippen LogP contribution in [-0.4, -0.2) is 43.8 Å². The van der Waals surface area contributed by atoms with Gasteiger partial charge in [0.05, 0.1) is 13.2 Å². The third-order valence-corrected chi connectivity index (χ3v) is 4.33. The Kier molecular flexibility index (Phi) is 6.68. The lowest BCUT2D eigenvalue weighted by molar-refractivity contribution is -0.00182. The molecule has 1 aliphatic heterocycles. The van der Waals surface area contributed by atoms with Crippen molar-refractivity contribution in [1.82, 2.24) is 10.2 Å². The largest absolute Gasteiger partial charge is 0.379 e. The number of rotatable bonds is 7. The molecule has 118 valence electrons. The van der Waals surface area contributed by atoms with Crippen LogP contribution in [0.15, 0.2) is 24.3 Å². The molecule has 0 spiro atoms. The Morgan fingerprint density at radius 2 is 2.10 bits per heavy atom. The number of nitrogens with one attached hydrogen (secondary N) is 1. The second-order valence-corrected chi connectivity index (χ2v) is 6.17. The molecule has 21 heavy (non-hydrogen) atoms. The lowest BCUT2D eigenvalue weighted by atomic mass is 10.0. The van der Waals surface area contributed by atoms with Crippen molar-refractivity contribution in [3.05, 3.63) is 35.4 Å². The van der Waals surface area contributed by atoms with Crippen molar-refractivity contribution in [2.75, 3.05) is 32.8 Å². The van der Waals surface area contributed by atoms with Gasteiger partial charge in [-0.15, -0.1) is 0 Å². The zero-order valence-corrected chi connectivity index (χ0v) is 13.8. The first-order valence-corrected chi connectivity index (χ1v) is 8.32. The molecule has 0 aliphatic carbocycles. The molecule has 0 amide bonds. The molecule has 0 radical (unpaired) electrons. The second-order valence-electron chi connectivity index (χ2n) is 6.17. The minimum absolute atomic E-state index is 0.459. The molecule has 0 saturated carbocycles. The molecule has 2 unspecified atom stereocenters. The van der Waals surface area contributed by atoms with Gasteiger partial charge in [-0.25, -0.2) is 0 Å². The van der Waals surface area contributed by atoms with Crippen molar-refractivity contribution < 1.29 is 4.74 Å². The fourth-order valence-electron chi connectivity index (χ4n) is 2.89. The standard InChI is InChI=1S/C18H30N2O/c1-4-10-19-18(17-7-5-15(2)6-8-17)9-11-20-12-13-21-14-16(20)3/h5-8,16,18-19H,4,9-14H2,1-3H3. The maximum absolute atomic E-state index is 5.52. The molecular weight excluding hydrogens is 260 g/mol. The van der Waals surface area contributed by atoms with Gasteiger partial charge in [0.25, 0.3) is 0 Å². The molecule has 3 heteroatoms. The van der Waals surface area contributed by atoms with E-state index in [0.717, 1.165) is 39.3 Å². The minimum atomic E-state index is 0.459. The Bertz CT molecular complexity index is 404. The van der Waals surface area contributed by atoms with Crippen LogP contribution in [0.25, 0.3) is 0 Å². The smallest absolute Gasteiger partial charge is 0.0619 e. The summed E-state index contributed by atoms with van der Waals surface area (Å²) >= 11 is 0. The maximum atomic E-state index is 5.52. The molecule has 0 bridgehead atoms. The van der Waals surface area contributed by atoms with Gasteiger partial charge >= 0.3 is 0 Å². The van der Waals surface area contributed by atoms with Crippen LogP contribution >= 0.6 is 0 Å². The van der Waals surface area contributed by atoms with Gasteiger partial charge in [0.15, 0.2) is 0 Å². The molecule has 1 N–H and O–H groups in total. The van der Waals surface area contributed by atoms with E-state index >= 15 is 0 Å². The SMILES string of the molecule is CCCNC(CCN1CCOCC1C)c1ccc(C)cc1. The fraction of sp³-hybridized carbons (Fsp3) is 0.667. The summed E-state index contributed by atoms with van der Waals surface area (Å²) in [5.41, 5.74) is 2.74. The second kappa shape index (κ2) is 8.52. The van der Waals surface area contributed by atoms with Gasteiger partial charge < -0.3 is 10.1 Å². The summed E-state index contributed by atoms with van der Waals surface area (Å²) in [6, 6.07) is 9.97.